The van der Waals surface area contributed by atoms with Crippen molar-refractivity contribution in [1.82, 2.24) is 9.80 Å². The first-order chi connectivity index (χ1) is 14.6. The number of benzene rings is 2. The first kappa shape index (κ1) is 19.2. The Kier molecular flexibility index (Phi) is 5.00. The second-order valence-corrected chi connectivity index (χ2v) is 8.63. The second-order valence-electron chi connectivity index (χ2n) is 7.71. The Balaban J connectivity index is 1.56. The van der Waals surface area contributed by atoms with Crippen molar-refractivity contribution in [1.29, 1.82) is 0 Å². The third-order valence-electron chi connectivity index (χ3n) is 5.65. The summed E-state index contributed by atoms with van der Waals surface area (Å²) in [7, 11) is 2.12. The fraction of sp³-hybridized carbons (Fsp3) is 0.261. The largest absolute Gasteiger partial charge is 0.373 e. The number of aliphatic imine (C=N–C) groups is 2. The lowest BCUT2D eigenvalue weighted by atomic mass is 10.0. The molecule has 1 fully saturated rings. The Bertz CT molecular complexity index is 1080. The van der Waals surface area contributed by atoms with E-state index in [9.17, 15) is 4.79 Å². The standard InChI is InChI=1S/C23H22BrN5O/c1-27-9-11-28(12-10-27)15-19-23(30)29-20-8-7-17(24)13-18(20)22(25-14-21(29)26-19)16-5-3-2-4-6-16/h2-8,13,15H,9-12,14H2,1H3/b19-15-. The second kappa shape index (κ2) is 7.81. The Labute approximate surface area is 184 Å². The number of piperazine rings is 1. The SMILES string of the molecule is CN1CCN(/C=C2\N=C3CN=C(c4ccccc4)c4cc(Br)ccc4N3C2=O)CC1. The first-order valence-corrected chi connectivity index (χ1v) is 10.9. The van der Waals surface area contributed by atoms with Crippen LogP contribution in [0.25, 0.3) is 0 Å². The van der Waals surface area contributed by atoms with Crippen molar-refractivity contribution < 1.29 is 4.79 Å². The zero-order valence-corrected chi connectivity index (χ0v) is 18.3. The van der Waals surface area contributed by atoms with Gasteiger partial charge < -0.3 is 9.80 Å². The van der Waals surface area contributed by atoms with Crippen LogP contribution in [-0.2, 0) is 4.79 Å². The van der Waals surface area contributed by atoms with E-state index in [1.54, 1.807) is 4.90 Å². The molecule has 3 aliphatic heterocycles. The fourth-order valence-corrected chi connectivity index (χ4v) is 4.36. The summed E-state index contributed by atoms with van der Waals surface area (Å²) in [4.78, 5) is 29.1. The maximum atomic E-state index is 13.4. The van der Waals surface area contributed by atoms with Crippen molar-refractivity contribution in [3.63, 3.8) is 0 Å². The van der Waals surface area contributed by atoms with E-state index in [1.807, 2.05) is 54.7 Å². The summed E-state index contributed by atoms with van der Waals surface area (Å²) in [6.07, 6.45) is 1.91. The van der Waals surface area contributed by atoms with Gasteiger partial charge in [-0.05, 0) is 25.2 Å². The molecule has 2 aromatic carbocycles. The van der Waals surface area contributed by atoms with E-state index in [-0.39, 0.29) is 5.91 Å². The third kappa shape index (κ3) is 3.48. The molecule has 3 heterocycles. The van der Waals surface area contributed by atoms with Crippen LogP contribution in [0.15, 0.2) is 74.9 Å². The number of carbonyl (C=O) groups excluding carboxylic acids is 1. The lowest BCUT2D eigenvalue weighted by Crippen LogP contribution is -2.42. The van der Waals surface area contributed by atoms with Gasteiger partial charge in [-0.3, -0.25) is 14.7 Å². The van der Waals surface area contributed by atoms with Crippen molar-refractivity contribution in [2.45, 2.75) is 0 Å². The van der Waals surface area contributed by atoms with E-state index in [4.69, 9.17) is 9.98 Å². The minimum Gasteiger partial charge on any atom is -0.373 e. The van der Waals surface area contributed by atoms with Gasteiger partial charge >= 0.3 is 0 Å². The van der Waals surface area contributed by atoms with E-state index in [0.29, 0.717) is 18.1 Å². The minimum absolute atomic E-state index is 0.0861. The van der Waals surface area contributed by atoms with Gasteiger partial charge in [-0.15, -0.1) is 0 Å². The summed E-state index contributed by atoms with van der Waals surface area (Å²) >= 11 is 3.58. The molecular weight excluding hydrogens is 442 g/mol. The number of hydrogen-bond donors (Lipinski definition) is 0. The molecule has 0 spiro atoms. The predicted molar refractivity (Wildman–Crippen MR) is 123 cm³/mol. The van der Waals surface area contributed by atoms with E-state index < -0.39 is 0 Å². The summed E-state index contributed by atoms with van der Waals surface area (Å²) in [6.45, 7) is 4.14. The maximum absolute atomic E-state index is 13.4. The lowest BCUT2D eigenvalue weighted by Gasteiger charge is -2.31. The highest BCUT2D eigenvalue weighted by Crippen LogP contribution is 2.33. The Hall–Kier alpha value is -2.77. The maximum Gasteiger partial charge on any atom is 0.284 e. The Morgan fingerprint density at radius 2 is 1.80 bits per heavy atom. The minimum atomic E-state index is -0.0861. The van der Waals surface area contributed by atoms with Gasteiger partial charge in [0.15, 0.2) is 0 Å². The molecule has 6 nitrogen and oxygen atoms in total. The summed E-state index contributed by atoms with van der Waals surface area (Å²) in [5.41, 5.74) is 4.14. The summed E-state index contributed by atoms with van der Waals surface area (Å²) < 4.78 is 0.949. The van der Waals surface area contributed by atoms with Crippen molar-refractivity contribution in [3.8, 4) is 0 Å². The smallest absolute Gasteiger partial charge is 0.284 e. The molecular formula is C23H22BrN5O. The van der Waals surface area contributed by atoms with Crippen LogP contribution in [0.2, 0.25) is 0 Å². The van der Waals surface area contributed by atoms with Crippen LogP contribution in [0.3, 0.4) is 0 Å². The molecule has 0 unspecified atom stereocenters. The van der Waals surface area contributed by atoms with Crippen LogP contribution in [0.1, 0.15) is 11.1 Å². The molecule has 0 aliphatic carbocycles. The highest BCUT2D eigenvalue weighted by molar-refractivity contribution is 9.10. The number of anilines is 1. The predicted octanol–water partition coefficient (Wildman–Crippen LogP) is 3.13. The van der Waals surface area contributed by atoms with Crippen LogP contribution in [-0.4, -0.2) is 67.0 Å². The van der Waals surface area contributed by atoms with E-state index >= 15 is 0 Å². The average Bonchev–Trinajstić information content (AvgIpc) is 2.96. The molecule has 30 heavy (non-hydrogen) atoms. The molecule has 0 bridgehead atoms. The van der Waals surface area contributed by atoms with Gasteiger partial charge in [0.05, 0.1) is 17.9 Å². The number of fused-ring (bicyclic) bond motifs is 3. The number of carbonyl (C=O) groups is 1. The number of amidine groups is 1. The summed E-state index contributed by atoms with van der Waals surface area (Å²) in [5.74, 6) is 0.590. The van der Waals surface area contributed by atoms with E-state index in [1.165, 1.54) is 0 Å². The molecule has 0 atom stereocenters. The topological polar surface area (TPSA) is 51.5 Å². The zero-order chi connectivity index (χ0) is 20.7. The van der Waals surface area contributed by atoms with Crippen LogP contribution in [0.4, 0.5) is 5.69 Å². The Morgan fingerprint density at radius 1 is 1.03 bits per heavy atom. The van der Waals surface area contributed by atoms with Crippen LogP contribution in [0, 0.1) is 0 Å². The number of likely N-dealkylation sites (N-methyl/N-ethyl adjacent to an activating group) is 1. The molecule has 0 saturated carbocycles. The normalized spacial score (nSPS) is 20.6. The molecule has 7 heteroatoms. The number of rotatable bonds is 2. The molecule has 0 radical (unpaired) electrons. The van der Waals surface area contributed by atoms with Gasteiger partial charge in [0.1, 0.15) is 11.5 Å². The van der Waals surface area contributed by atoms with E-state index in [2.05, 4.69) is 32.8 Å². The quantitative estimate of drug-likeness (QED) is 0.642. The van der Waals surface area contributed by atoms with Crippen LogP contribution in [0.5, 0.6) is 0 Å². The van der Waals surface area contributed by atoms with Crippen molar-refractivity contribution in [2.75, 3.05) is 44.7 Å². The number of halogens is 1. The van der Waals surface area contributed by atoms with Gasteiger partial charge in [-0.25, -0.2) is 4.99 Å². The Morgan fingerprint density at radius 3 is 2.57 bits per heavy atom. The van der Waals surface area contributed by atoms with Gasteiger partial charge in [0, 0.05) is 48.0 Å². The average molecular weight is 464 g/mol. The summed E-state index contributed by atoms with van der Waals surface area (Å²) in [5, 5.41) is 0. The van der Waals surface area contributed by atoms with Crippen molar-refractivity contribution in [3.05, 3.63) is 76.0 Å². The molecule has 5 rings (SSSR count). The van der Waals surface area contributed by atoms with Crippen molar-refractivity contribution in [2.24, 2.45) is 9.98 Å². The molecule has 2 aromatic rings. The first-order valence-electron chi connectivity index (χ1n) is 10.1. The van der Waals surface area contributed by atoms with Gasteiger partial charge in [0.25, 0.3) is 5.91 Å². The third-order valence-corrected chi connectivity index (χ3v) is 6.15. The lowest BCUT2D eigenvalue weighted by molar-refractivity contribution is -0.114. The summed E-state index contributed by atoms with van der Waals surface area (Å²) in [6, 6.07) is 16.0. The molecule has 3 aliphatic rings. The van der Waals surface area contributed by atoms with Gasteiger partial charge in [0.2, 0.25) is 0 Å². The van der Waals surface area contributed by atoms with Crippen LogP contribution < -0.4 is 4.90 Å². The van der Waals surface area contributed by atoms with E-state index in [0.717, 1.165) is 53.2 Å². The highest BCUT2D eigenvalue weighted by Gasteiger charge is 2.36. The molecule has 1 saturated heterocycles. The molecule has 1 amide bonds. The van der Waals surface area contributed by atoms with Crippen LogP contribution >= 0.6 is 15.9 Å². The number of hydrogen-bond acceptors (Lipinski definition) is 5. The highest BCUT2D eigenvalue weighted by atomic mass is 79.9. The molecule has 0 aromatic heterocycles. The number of nitrogens with zero attached hydrogens (tertiary/aromatic N) is 5. The fourth-order valence-electron chi connectivity index (χ4n) is 4.00. The zero-order valence-electron chi connectivity index (χ0n) is 16.8. The molecule has 152 valence electrons. The number of amides is 1. The molecule has 0 N–H and O–H groups in total. The monoisotopic (exact) mass is 463 g/mol. The van der Waals surface area contributed by atoms with Gasteiger partial charge in [-0.2, -0.15) is 0 Å². The van der Waals surface area contributed by atoms with Crippen molar-refractivity contribution >= 4 is 39.1 Å². The van der Waals surface area contributed by atoms with Gasteiger partial charge in [-0.1, -0.05) is 46.3 Å².